The molecule has 214 valence electrons. The molecule has 40 heavy (non-hydrogen) atoms. The van der Waals surface area contributed by atoms with Crippen molar-refractivity contribution in [1.82, 2.24) is 5.32 Å². The number of amides is 2. The van der Waals surface area contributed by atoms with Crippen LogP contribution >= 0.6 is 11.6 Å². The van der Waals surface area contributed by atoms with Crippen LogP contribution in [0.25, 0.3) is 0 Å². The van der Waals surface area contributed by atoms with Gasteiger partial charge in [0, 0.05) is 23.2 Å². The first kappa shape index (κ1) is 31.1. The summed E-state index contributed by atoms with van der Waals surface area (Å²) in [6.07, 6.45) is 1.05. The molecule has 7 nitrogen and oxygen atoms in total. The van der Waals surface area contributed by atoms with Crippen LogP contribution in [0, 0.1) is 17.3 Å². The van der Waals surface area contributed by atoms with Crippen LogP contribution in [0.3, 0.4) is 0 Å². The van der Waals surface area contributed by atoms with Crippen molar-refractivity contribution in [3.05, 3.63) is 77.3 Å². The van der Waals surface area contributed by atoms with E-state index in [2.05, 4.69) is 11.9 Å². The van der Waals surface area contributed by atoms with Gasteiger partial charge in [-0.05, 0) is 64.7 Å². The van der Waals surface area contributed by atoms with Gasteiger partial charge in [0.1, 0.15) is 5.60 Å². The van der Waals surface area contributed by atoms with Crippen LogP contribution in [-0.4, -0.2) is 42.3 Å². The second-order valence-electron chi connectivity index (χ2n) is 11.9. The minimum atomic E-state index is -1.21. The first-order valence-electron chi connectivity index (χ1n) is 13.5. The lowest BCUT2D eigenvalue weighted by atomic mass is 9.70. The molecular weight excluding hydrogens is 526 g/mol. The van der Waals surface area contributed by atoms with Gasteiger partial charge in [-0.15, -0.1) is 6.58 Å². The van der Waals surface area contributed by atoms with E-state index in [1.54, 1.807) is 53.0 Å². The molecule has 0 aromatic heterocycles. The number of benzene rings is 2. The number of benzodiazepines with no additional fused rings is 1. The van der Waals surface area contributed by atoms with E-state index >= 15 is 0 Å². The summed E-state index contributed by atoms with van der Waals surface area (Å²) in [5.74, 6) is -2.02. The smallest absolute Gasteiger partial charge is 0.313 e. The van der Waals surface area contributed by atoms with Crippen molar-refractivity contribution < 1.29 is 19.1 Å². The van der Waals surface area contributed by atoms with Crippen LogP contribution in [-0.2, 0) is 19.1 Å². The first-order chi connectivity index (χ1) is 18.7. The van der Waals surface area contributed by atoms with Gasteiger partial charge in [-0.25, -0.2) is 4.99 Å². The summed E-state index contributed by atoms with van der Waals surface area (Å²) in [5.41, 5.74) is 0.791. The lowest BCUT2D eigenvalue weighted by Gasteiger charge is -2.37. The number of rotatable bonds is 9. The molecule has 1 aliphatic heterocycles. The molecule has 8 heteroatoms. The van der Waals surface area contributed by atoms with Crippen LogP contribution in [0.2, 0.25) is 5.02 Å². The first-order valence-corrected chi connectivity index (χ1v) is 13.9. The molecule has 3 atom stereocenters. The quantitative estimate of drug-likeness (QED) is 0.290. The van der Waals surface area contributed by atoms with Crippen LogP contribution in [0.15, 0.2) is 66.2 Å². The van der Waals surface area contributed by atoms with Crippen LogP contribution < -0.4 is 10.2 Å². The van der Waals surface area contributed by atoms with Gasteiger partial charge in [0.2, 0.25) is 12.1 Å². The number of para-hydroxylation sites is 1. The zero-order valence-corrected chi connectivity index (χ0v) is 25.2. The van der Waals surface area contributed by atoms with Crippen molar-refractivity contribution in [2.24, 2.45) is 22.2 Å². The predicted molar refractivity (Wildman–Crippen MR) is 161 cm³/mol. The van der Waals surface area contributed by atoms with Crippen molar-refractivity contribution in [3.8, 4) is 0 Å². The van der Waals surface area contributed by atoms with E-state index in [9.17, 15) is 14.4 Å². The molecule has 0 radical (unpaired) electrons. The Labute approximate surface area is 242 Å². The zero-order valence-electron chi connectivity index (χ0n) is 24.5. The normalized spacial score (nSPS) is 17.7. The lowest BCUT2D eigenvalue weighted by Crippen LogP contribution is -2.52. The van der Waals surface area contributed by atoms with Gasteiger partial charge >= 0.3 is 5.97 Å². The Morgan fingerprint density at radius 2 is 1.75 bits per heavy atom. The number of ether oxygens (including phenoxy) is 1. The highest BCUT2D eigenvalue weighted by Gasteiger charge is 2.47. The number of carbonyl (C=O) groups excluding carboxylic acids is 3. The second kappa shape index (κ2) is 12.4. The van der Waals surface area contributed by atoms with Crippen molar-refractivity contribution in [2.75, 3.05) is 11.9 Å². The van der Waals surface area contributed by atoms with E-state index < -0.39 is 40.9 Å². The van der Waals surface area contributed by atoms with Gasteiger partial charge in [0.15, 0.2) is 0 Å². The fraction of sp³-hybridized carbons (Fsp3) is 0.438. The number of halogens is 1. The number of aliphatic imine (C=N–C) groups is 1. The van der Waals surface area contributed by atoms with E-state index in [0.29, 0.717) is 22.8 Å². The number of esters is 1. The third-order valence-electron chi connectivity index (χ3n) is 6.97. The maximum absolute atomic E-state index is 14.1. The molecular formula is C32H40ClN3O4. The highest BCUT2D eigenvalue weighted by atomic mass is 35.5. The largest absolute Gasteiger partial charge is 0.460 e. The lowest BCUT2D eigenvalue weighted by molar-refractivity contribution is -0.172. The number of anilines is 1. The number of nitrogens with zero attached hydrogens (tertiary/aromatic N) is 2. The minimum absolute atomic E-state index is 0.0900. The van der Waals surface area contributed by atoms with Gasteiger partial charge in [0.05, 0.1) is 22.7 Å². The fourth-order valence-electron chi connectivity index (χ4n) is 4.88. The highest BCUT2D eigenvalue weighted by molar-refractivity contribution is 6.30. The summed E-state index contributed by atoms with van der Waals surface area (Å²) >= 11 is 6.13. The van der Waals surface area contributed by atoms with E-state index in [0.717, 1.165) is 11.1 Å². The molecule has 0 saturated heterocycles. The van der Waals surface area contributed by atoms with E-state index in [-0.39, 0.29) is 12.3 Å². The average molecular weight is 566 g/mol. The molecule has 2 aromatic rings. The Morgan fingerprint density at radius 3 is 2.33 bits per heavy atom. The summed E-state index contributed by atoms with van der Waals surface area (Å²) < 4.78 is 5.76. The maximum atomic E-state index is 14.1. The van der Waals surface area contributed by atoms with Crippen molar-refractivity contribution >= 4 is 40.8 Å². The van der Waals surface area contributed by atoms with Gasteiger partial charge in [-0.2, -0.15) is 0 Å². The molecule has 0 saturated carbocycles. The van der Waals surface area contributed by atoms with Crippen molar-refractivity contribution in [3.63, 3.8) is 0 Å². The summed E-state index contributed by atoms with van der Waals surface area (Å²) in [7, 11) is 1.66. The second-order valence-corrected chi connectivity index (χ2v) is 12.3. The fourth-order valence-corrected chi connectivity index (χ4v) is 5.01. The topological polar surface area (TPSA) is 88.1 Å². The molecule has 1 N–H and O–H groups in total. The predicted octanol–water partition coefficient (Wildman–Crippen LogP) is 6.18. The Morgan fingerprint density at radius 1 is 1.12 bits per heavy atom. The Kier molecular flexibility index (Phi) is 9.62. The number of likely N-dealkylation sites (N-methyl/N-ethyl adjacent to an activating group) is 1. The molecule has 0 aliphatic carbocycles. The molecule has 2 aromatic carbocycles. The summed E-state index contributed by atoms with van der Waals surface area (Å²) in [4.78, 5) is 47.6. The Hall–Kier alpha value is -3.45. The van der Waals surface area contributed by atoms with Crippen LogP contribution in [0.4, 0.5) is 5.69 Å². The zero-order chi connectivity index (χ0) is 29.8. The maximum Gasteiger partial charge on any atom is 0.313 e. The monoisotopic (exact) mass is 565 g/mol. The van der Waals surface area contributed by atoms with Crippen molar-refractivity contribution in [2.45, 2.75) is 66.2 Å². The van der Waals surface area contributed by atoms with E-state index in [1.807, 2.05) is 50.2 Å². The molecule has 3 rings (SSSR count). The van der Waals surface area contributed by atoms with Gasteiger partial charge in [-0.1, -0.05) is 61.9 Å². The molecule has 0 unspecified atom stereocenters. The van der Waals surface area contributed by atoms with E-state index in [1.165, 1.54) is 4.90 Å². The average Bonchev–Trinajstić information content (AvgIpc) is 2.97. The molecule has 0 spiro atoms. The summed E-state index contributed by atoms with van der Waals surface area (Å²) in [6.45, 7) is 14.9. The summed E-state index contributed by atoms with van der Waals surface area (Å²) in [6, 6.07) is 14.6. The van der Waals surface area contributed by atoms with E-state index in [4.69, 9.17) is 21.3 Å². The van der Waals surface area contributed by atoms with Crippen LogP contribution in [0.5, 0.6) is 0 Å². The van der Waals surface area contributed by atoms with Gasteiger partial charge in [-0.3, -0.25) is 14.4 Å². The molecule has 0 bridgehead atoms. The standard InChI is InChI=1S/C32H40ClN3O4/c1-9-18-32(7,30(39)40-31(4,5)6)24(19-20(2)3)28(37)35-27-29(38)36(8)25-13-11-10-12-23(25)26(34-27)21-14-16-22(33)17-15-21/h9-17,20,24,27H,1,18-19H2,2-8H3,(H,35,37)/t24-,27+,32+/m0/s1. The Balaban J connectivity index is 2.08. The van der Waals surface area contributed by atoms with Crippen LogP contribution in [0.1, 0.15) is 65.5 Å². The molecule has 2 amide bonds. The number of hydrogen-bond donors (Lipinski definition) is 1. The minimum Gasteiger partial charge on any atom is -0.460 e. The molecule has 1 aliphatic rings. The number of carbonyl (C=O) groups is 3. The third-order valence-corrected chi connectivity index (χ3v) is 7.22. The molecule has 0 fully saturated rings. The van der Waals surface area contributed by atoms with Gasteiger partial charge in [0.25, 0.3) is 5.91 Å². The number of hydrogen-bond acceptors (Lipinski definition) is 5. The SMILES string of the molecule is C=CC[C@@](C)(C(=O)OC(C)(C)C)[C@@H](CC(C)C)C(=O)N[C@H]1N=C(c2ccc(Cl)cc2)c2ccccc2N(C)C1=O. The van der Waals surface area contributed by atoms with Crippen molar-refractivity contribution in [1.29, 1.82) is 0 Å². The number of allylic oxidation sites excluding steroid dienone is 1. The molecule has 1 heterocycles. The number of fused-ring (bicyclic) bond motifs is 1. The number of nitrogens with one attached hydrogen (secondary N) is 1. The Bertz CT molecular complexity index is 1300. The third kappa shape index (κ3) is 7.00. The van der Waals surface area contributed by atoms with Gasteiger partial charge < -0.3 is 15.0 Å². The summed E-state index contributed by atoms with van der Waals surface area (Å²) in [5, 5.41) is 3.46. The highest BCUT2D eigenvalue weighted by Crippen LogP contribution is 2.39.